The molecule has 1 aliphatic heterocycles. The molecule has 0 aliphatic carbocycles. The Labute approximate surface area is 169 Å². The third kappa shape index (κ3) is 3.69. The third-order valence-corrected chi connectivity index (χ3v) is 5.05. The largest absolute Gasteiger partial charge is 0.308 e. The summed E-state index contributed by atoms with van der Waals surface area (Å²) in [5, 5.41) is 19.1. The fraction of sp³-hybridized carbons (Fsp3) is 0.167. The molecule has 2 aromatic rings. The number of carbonyl (C=O) groups excluding carboxylic acids is 2. The van der Waals surface area contributed by atoms with Crippen molar-refractivity contribution in [3.8, 4) is 0 Å². The Bertz CT molecular complexity index is 1030. The molecule has 0 saturated heterocycles. The van der Waals surface area contributed by atoms with Crippen LogP contribution in [0.4, 0.5) is 11.4 Å². The van der Waals surface area contributed by atoms with E-state index in [0.29, 0.717) is 5.69 Å². The maximum Gasteiger partial charge on any atom is 0.270 e. The molecular weight excluding hydrogens is 407 g/mol. The Morgan fingerprint density at radius 1 is 1.29 bits per heavy atom. The first-order chi connectivity index (χ1) is 13.2. The van der Waals surface area contributed by atoms with E-state index in [9.17, 15) is 19.7 Å². The Morgan fingerprint density at radius 2 is 2.00 bits per heavy atom. The predicted molar refractivity (Wildman–Crippen MR) is 106 cm³/mol. The minimum atomic E-state index is -0.609. The van der Waals surface area contributed by atoms with Crippen molar-refractivity contribution >= 4 is 52.2 Å². The topological polar surface area (TPSA) is 105 Å². The lowest BCUT2D eigenvalue weighted by molar-refractivity contribution is -0.384. The van der Waals surface area contributed by atoms with Crippen LogP contribution in [0, 0.1) is 24.0 Å². The van der Waals surface area contributed by atoms with Gasteiger partial charge in [-0.05, 0) is 37.1 Å². The number of halogens is 2. The van der Waals surface area contributed by atoms with Crippen LogP contribution in [0.1, 0.15) is 27.9 Å². The number of non-ortho nitro benzene ring substituents is 1. The molecule has 0 unspecified atom stereocenters. The summed E-state index contributed by atoms with van der Waals surface area (Å²) in [5.74, 6) is -0.891. The summed E-state index contributed by atoms with van der Waals surface area (Å²) >= 11 is 12.4. The van der Waals surface area contributed by atoms with E-state index in [4.69, 9.17) is 23.2 Å². The second kappa shape index (κ2) is 7.57. The molecule has 0 fully saturated rings. The molecule has 0 aromatic heterocycles. The molecule has 0 spiro atoms. The quantitative estimate of drug-likeness (QED) is 0.598. The van der Waals surface area contributed by atoms with Crippen LogP contribution in [-0.4, -0.2) is 22.6 Å². The summed E-state index contributed by atoms with van der Waals surface area (Å²) in [7, 11) is 0. The number of rotatable bonds is 3. The van der Waals surface area contributed by atoms with Crippen molar-refractivity contribution in [3.63, 3.8) is 0 Å². The summed E-state index contributed by atoms with van der Waals surface area (Å²) in [6, 6.07) is 6.95. The van der Waals surface area contributed by atoms with Gasteiger partial charge in [-0.1, -0.05) is 29.3 Å². The Morgan fingerprint density at radius 3 is 2.68 bits per heavy atom. The molecule has 0 bridgehead atoms. The standard InChI is InChI=1S/C18H14Cl2N4O4/c1-9-6-13(19)16(20)17(10(9)2)23-15(25)8-14(22-23)21-18(26)11-4-3-5-12(7-11)24(27)28/h3-7H,8H2,1-2H3,(H,21,22,26). The zero-order valence-electron chi connectivity index (χ0n) is 14.8. The van der Waals surface area contributed by atoms with Crippen LogP contribution in [0.3, 0.4) is 0 Å². The van der Waals surface area contributed by atoms with E-state index in [1.54, 1.807) is 13.0 Å². The van der Waals surface area contributed by atoms with Gasteiger partial charge in [0.15, 0.2) is 0 Å². The summed E-state index contributed by atoms with van der Waals surface area (Å²) in [4.78, 5) is 35.1. The van der Waals surface area contributed by atoms with Gasteiger partial charge in [0.05, 0.1) is 27.1 Å². The molecule has 0 radical (unpaired) electrons. The highest BCUT2D eigenvalue weighted by molar-refractivity contribution is 6.44. The number of nitro groups is 1. The lowest BCUT2D eigenvalue weighted by Gasteiger charge is -2.18. The molecule has 8 nitrogen and oxygen atoms in total. The van der Waals surface area contributed by atoms with E-state index in [2.05, 4.69) is 10.4 Å². The number of hydrogen-bond acceptors (Lipinski definition) is 5. The molecule has 1 heterocycles. The van der Waals surface area contributed by atoms with Gasteiger partial charge in [-0.15, -0.1) is 0 Å². The van der Waals surface area contributed by atoms with Crippen molar-refractivity contribution in [3.05, 3.63) is 67.2 Å². The molecule has 3 rings (SSSR count). The first-order valence-electron chi connectivity index (χ1n) is 8.10. The molecule has 1 aliphatic rings. The van der Waals surface area contributed by atoms with Crippen molar-refractivity contribution in [2.75, 3.05) is 5.01 Å². The number of benzene rings is 2. The average molecular weight is 421 g/mol. The van der Waals surface area contributed by atoms with Crippen molar-refractivity contribution < 1.29 is 14.5 Å². The molecule has 1 N–H and O–H groups in total. The van der Waals surface area contributed by atoms with Crippen molar-refractivity contribution in [1.29, 1.82) is 0 Å². The van der Waals surface area contributed by atoms with E-state index in [1.165, 1.54) is 18.2 Å². The number of anilines is 1. The predicted octanol–water partition coefficient (Wildman–Crippen LogP) is 4.00. The number of amides is 2. The van der Waals surface area contributed by atoms with Crippen LogP contribution in [0.2, 0.25) is 10.0 Å². The summed E-state index contributed by atoms with van der Waals surface area (Å²) in [6.45, 7) is 3.62. The fourth-order valence-corrected chi connectivity index (χ4v) is 3.25. The number of nitrogens with one attached hydrogen (secondary N) is 1. The van der Waals surface area contributed by atoms with Gasteiger partial charge in [0, 0.05) is 17.7 Å². The van der Waals surface area contributed by atoms with Gasteiger partial charge in [0.25, 0.3) is 17.5 Å². The molecule has 0 atom stereocenters. The maximum atomic E-state index is 12.4. The Hall–Kier alpha value is -2.97. The van der Waals surface area contributed by atoms with E-state index < -0.39 is 10.8 Å². The number of amidine groups is 1. The zero-order chi connectivity index (χ0) is 20.6. The van der Waals surface area contributed by atoms with Crippen LogP contribution >= 0.6 is 23.2 Å². The molecular formula is C18H14Cl2N4O4. The normalized spacial score (nSPS) is 13.5. The van der Waals surface area contributed by atoms with Gasteiger partial charge in [0.1, 0.15) is 5.84 Å². The highest BCUT2D eigenvalue weighted by Crippen LogP contribution is 2.39. The van der Waals surface area contributed by atoms with Crippen molar-refractivity contribution in [2.24, 2.45) is 5.10 Å². The number of aryl methyl sites for hydroxylation is 1. The van der Waals surface area contributed by atoms with E-state index >= 15 is 0 Å². The highest BCUT2D eigenvalue weighted by Gasteiger charge is 2.30. The number of hydrogen-bond donors (Lipinski definition) is 1. The van der Waals surface area contributed by atoms with Crippen LogP contribution in [0.25, 0.3) is 0 Å². The van der Waals surface area contributed by atoms with Gasteiger partial charge >= 0.3 is 0 Å². The van der Waals surface area contributed by atoms with Crippen LogP contribution in [0.15, 0.2) is 35.4 Å². The first-order valence-corrected chi connectivity index (χ1v) is 8.86. The SMILES string of the molecule is Cc1cc(Cl)c(Cl)c(N2N=C(NC(=O)c3cccc([N+](=O)[O-])c3)CC2=O)c1C. The molecule has 10 heteroatoms. The van der Waals surface area contributed by atoms with Gasteiger partial charge < -0.3 is 5.32 Å². The van der Waals surface area contributed by atoms with Gasteiger partial charge in [-0.25, -0.2) is 0 Å². The lowest BCUT2D eigenvalue weighted by atomic mass is 10.1. The van der Waals surface area contributed by atoms with Crippen LogP contribution < -0.4 is 10.3 Å². The van der Waals surface area contributed by atoms with E-state index in [-0.39, 0.29) is 39.5 Å². The van der Waals surface area contributed by atoms with Gasteiger partial charge in [-0.2, -0.15) is 10.1 Å². The second-order valence-corrected chi connectivity index (χ2v) is 6.94. The van der Waals surface area contributed by atoms with Gasteiger partial charge in [-0.3, -0.25) is 19.7 Å². The summed E-state index contributed by atoms with van der Waals surface area (Å²) in [5.41, 5.74) is 1.79. The van der Waals surface area contributed by atoms with Crippen LogP contribution in [-0.2, 0) is 4.79 Å². The number of carbonyl (C=O) groups is 2. The highest BCUT2D eigenvalue weighted by atomic mass is 35.5. The second-order valence-electron chi connectivity index (χ2n) is 6.15. The molecule has 0 saturated carbocycles. The number of nitro benzene ring substituents is 1. The van der Waals surface area contributed by atoms with Gasteiger partial charge in [0.2, 0.25) is 0 Å². The molecule has 2 amide bonds. The average Bonchev–Trinajstić information content (AvgIpc) is 3.00. The number of nitrogens with zero attached hydrogens (tertiary/aromatic N) is 3. The first kappa shape index (κ1) is 19.8. The van der Waals surface area contributed by atoms with Crippen molar-refractivity contribution in [2.45, 2.75) is 20.3 Å². The van der Waals surface area contributed by atoms with Crippen molar-refractivity contribution in [1.82, 2.24) is 5.32 Å². The third-order valence-electron chi connectivity index (χ3n) is 4.27. The molecule has 2 aromatic carbocycles. The maximum absolute atomic E-state index is 12.4. The van der Waals surface area contributed by atoms with E-state index in [1.807, 2.05) is 6.92 Å². The van der Waals surface area contributed by atoms with E-state index in [0.717, 1.165) is 22.2 Å². The molecule has 144 valence electrons. The monoisotopic (exact) mass is 420 g/mol. The Kier molecular flexibility index (Phi) is 5.35. The minimum absolute atomic E-state index is 0.0793. The summed E-state index contributed by atoms with van der Waals surface area (Å²) in [6.07, 6.45) is -0.151. The zero-order valence-corrected chi connectivity index (χ0v) is 16.3. The fourth-order valence-electron chi connectivity index (χ4n) is 2.72. The summed E-state index contributed by atoms with van der Waals surface area (Å²) < 4.78 is 0. The van der Waals surface area contributed by atoms with Crippen LogP contribution in [0.5, 0.6) is 0 Å². The molecule has 28 heavy (non-hydrogen) atoms. The minimum Gasteiger partial charge on any atom is -0.308 e. The Balaban J connectivity index is 1.88. The number of hydrazone groups is 1. The smallest absolute Gasteiger partial charge is 0.270 e. The lowest BCUT2D eigenvalue weighted by Crippen LogP contribution is -2.29.